The number of nitrogens with zero attached hydrogens (tertiary/aromatic N) is 2. The zero-order valence-corrected chi connectivity index (χ0v) is 15.2. The zero-order chi connectivity index (χ0) is 19.2. The summed E-state index contributed by atoms with van der Waals surface area (Å²) in [4.78, 5) is 29.3. The molecule has 3 rings (SSSR count). The highest BCUT2D eigenvalue weighted by molar-refractivity contribution is 6.05. The lowest BCUT2D eigenvalue weighted by Gasteiger charge is -2.33. The molecule has 5 nitrogen and oxygen atoms in total. The maximum Gasteiger partial charge on any atom is 0.270 e. The van der Waals surface area contributed by atoms with Gasteiger partial charge in [-0.1, -0.05) is 36.4 Å². The van der Waals surface area contributed by atoms with E-state index in [1.54, 1.807) is 47.4 Å². The molecular formula is C21H22FN3O2. The number of rotatable bonds is 4. The number of piperazine rings is 1. The Balaban J connectivity index is 1.88. The van der Waals surface area contributed by atoms with Crippen molar-refractivity contribution < 1.29 is 14.0 Å². The van der Waals surface area contributed by atoms with E-state index in [-0.39, 0.29) is 17.2 Å². The molecule has 1 heterocycles. The first-order valence-corrected chi connectivity index (χ1v) is 8.85. The molecular weight excluding hydrogens is 345 g/mol. The van der Waals surface area contributed by atoms with Crippen molar-refractivity contribution in [3.05, 3.63) is 77.2 Å². The van der Waals surface area contributed by atoms with Gasteiger partial charge in [-0.15, -0.1) is 0 Å². The third kappa shape index (κ3) is 4.80. The second-order valence-electron chi connectivity index (χ2n) is 6.50. The van der Waals surface area contributed by atoms with Crippen LogP contribution in [0.15, 0.2) is 60.3 Å². The van der Waals surface area contributed by atoms with Crippen LogP contribution in [0.5, 0.6) is 0 Å². The molecule has 0 atom stereocenters. The van der Waals surface area contributed by atoms with Crippen molar-refractivity contribution in [1.82, 2.24) is 15.1 Å². The Morgan fingerprint density at radius 2 is 1.59 bits per heavy atom. The quantitative estimate of drug-likeness (QED) is 0.844. The van der Waals surface area contributed by atoms with Crippen LogP contribution in [-0.2, 0) is 4.79 Å². The summed E-state index contributed by atoms with van der Waals surface area (Å²) in [6.45, 7) is 2.63. The van der Waals surface area contributed by atoms with E-state index in [4.69, 9.17) is 0 Å². The monoisotopic (exact) mass is 367 g/mol. The van der Waals surface area contributed by atoms with Crippen LogP contribution in [0.3, 0.4) is 0 Å². The largest absolute Gasteiger partial charge is 0.335 e. The van der Waals surface area contributed by atoms with E-state index in [0.717, 1.165) is 13.1 Å². The standard InChI is InChI=1S/C21H22FN3O2/c1-24-11-13-25(14-12-24)21(27)19(15-17-9-5-6-10-18(17)22)23-20(26)16-7-3-2-4-8-16/h2-10,15H,11-14H2,1H3,(H,23,26). The summed E-state index contributed by atoms with van der Waals surface area (Å²) in [7, 11) is 2.00. The predicted molar refractivity (Wildman–Crippen MR) is 102 cm³/mol. The highest BCUT2D eigenvalue weighted by Crippen LogP contribution is 2.14. The smallest absolute Gasteiger partial charge is 0.270 e. The van der Waals surface area contributed by atoms with Gasteiger partial charge in [-0.2, -0.15) is 0 Å². The summed E-state index contributed by atoms with van der Waals surface area (Å²) >= 11 is 0. The number of hydrogen-bond acceptors (Lipinski definition) is 3. The summed E-state index contributed by atoms with van der Waals surface area (Å²) in [6.07, 6.45) is 1.40. The molecule has 0 spiro atoms. The van der Waals surface area contributed by atoms with Crippen molar-refractivity contribution in [3.8, 4) is 0 Å². The average molecular weight is 367 g/mol. The third-order valence-corrected chi connectivity index (χ3v) is 4.51. The first kappa shape index (κ1) is 18.8. The van der Waals surface area contributed by atoms with E-state index in [1.165, 1.54) is 12.1 Å². The molecule has 6 heteroatoms. The van der Waals surface area contributed by atoms with Gasteiger partial charge < -0.3 is 15.1 Å². The number of amides is 2. The minimum absolute atomic E-state index is 0.0681. The molecule has 0 unspecified atom stereocenters. The van der Waals surface area contributed by atoms with Crippen molar-refractivity contribution in [3.63, 3.8) is 0 Å². The Morgan fingerprint density at radius 3 is 2.26 bits per heavy atom. The van der Waals surface area contributed by atoms with Crippen LogP contribution in [0.25, 0.3) is 6.08 Å². The van der Waals surface area contributed by atoms with Gasteiger partial charge in [-0.05, 0) is 31.3 Å². The van der Waals surface area contributed by atoms with Crippen LogP contribution in [-0.4, -0.2) is 54.8 Å². The number of benzene rings is 2. The van der Waals surface area contributed by atoms with Gasteiger partial charge in [0.05, 0.1) is 0 Å². The van der Waals surface area contributed by atoms with Gasteiger partial charge in [0, 0.05) is 37.3 Å². The van der Waals surface area contributed by atoms with E-state index in [9.17, 15) is 14.0 Å². The number of hydrogen-bond donors (Lipinski definition) is 1. The highest BCUT2D eigenvalue weighted by atomic mass is 19.1. The minimum Gasteiger partial charge on any atom is -0.335 e. The molecule has 2 aromatic carbocycles. The first-order valence-electron chi connectivity index (χ1n) is 8.85. The Labute approximate surface area is 158 Å². The van der Waals surface area contributed by atoms with Crippen molar-refractivity contribution in [2.24, 2.45) is 0 Å². The van der Waals surface area contributed by atoms with Gasteiger partial charge >= 0.3 is 0 Å². The van der Waals surface area contributed by atoms with Gasteiger partial charge in [-0.3, -0.25) is 9.59 Å². The summed E-state index contributed by atoms with van der Waals surface area (Å²) in [5, 5.41) is 2.67. The fraction of sp³-hybridized carbons (Fsp3) is 0.238. The van der Waals surface area contributed by atoms with Gasteiger partial charge in [0.1, 0.15) is 11.5 Å². The van der Waals surface area contributed by atoms with Gasteiger partial charge in [0.2, 0.25) is 0 Å². The molecule has 1 N–H and O–H groups in total. The second kappa shape index (κ2) is 8.60. The molecule has 0 aliphatic carbocycles. The molecule has 1 aliphatic rings. The molecule has 1 fully saturated rings. The molecule has 2 aromatic rings. The van der Waals surface area contributed by atoms with Crippen LogP contribution < -0.4 is 5.32 Å². The fourth-order valence-electron chi connectivity index (χ4n) is 2.86. The lowest BCUT2D eigenvalue weighted by molar-refractivity contribution is -0.128. The minimum atomic E-state index is -0.449. The van der Waals surface area contributed by atoms with Crippen molar-refractivity contribution in [2.45, 2.75) is 0 Å². The van der Waals surface area contributed by atoms with Crippen LogP contribution in [0.1, 0.15) is 15.9 Å². The lowest BCUT2D eigenvalue weighted by atomic mass is 10.1. The number of carbonyl (C=O) groups is 2. The van der Waals surface area contributed by atoms with E-state index in [0.29, 0.717) is 18.7 Å². The first-order chi connectivity index (χ1) is 13.0. The van der Waals surface area contributed by atoms with Crippen LogP contribution in [0, 0.1) is 5.82 Å². The number of carbonyl (C=O) groups excluding carboxylic acids is 2. The maximum atomic E-state index is 14.1. The highest BCUT2D eigenvalue weighted by Gasteiger charge is 2.24. The normalized spacial score (nSPS) is 15.5. The predicted octanol–water partition coefficient (Wildman–Crippen LogP) is 2.37. The van der Waals surface area contributed by atoms with Crippen molar-refractivity contribution >= 4 is 17.9 Å². The van der Waals surface area contributed by atoms with Crippen LogP contribution in [0.4, 0.5) is 4.39 Å². The molecule has 2 amide bonds. The van der Waals surface area contributed by atoms with E-state index >= 15 is 0 Å². The molecule has 1 saturated heterocycles. The van der Waals surface area contributed by atoms with E-state index < -0.39 is 11.7 Å². The van der Waals surface area contributed by atoms with E-state index in [2.05, 4.69) is 10.2 Å². The number of halogens is 1. The fourth-order valence-corrected chi connectivity index (χ4v) is 2.86. The topological polar surface area (TPSA) is 52.6 Å². The number of likely N-dealkylation sites (N-methyl/N-ethyl adjacent to an activating group) is 1. The van der Waals surface area contributed by atoms with Crippen molar-refractivity contribution in [2.75, 3.05) is 33.2 Å². The van der Waals surface area contributed by atoms with Gasteiger partial charge in [-0.25, -0.2) is 4.39 Å². The molecule has 0 radical (unpaired) electrons. The van der Waals surface area contributed by atoms with E-state index in [1.807, 2.05) is 13.1 Å². The Bertz CT molecular complexity index is 844. The molecule has 27 heavy (non-hydrogen) atoms. The van der Waals surface area contributed by atoms with Gasteiger partial charge in [0.15, 0.2) is 0 Å². The summed E-state index contributed by atoms with van der Waals surface area (Å²) in [5.41, 5.74) is 0.755. The average Bonchev–Trinajstić information content (AvgIpc) is 2.69. The summed E-state index contributed by atoms with van der Waals surface area (Å²) < 4.78 is 14.1. The maximum absolute atomic E-state index is 14.1. The van der Waals surface area contributed by atoms with Gasteiger partial charge in [0.25, 0.3) is 11.8 Å². The van der Waals surface area contributed by atoms with Crippen LogP contribution >= 0.6 is 0 Å². The molecule has 0 bridgehead atoms. The second-order valence-corrected chi connectivity index (χ2v) is 6.50. The van der Waals surface area contributed by atoms with Crippen molar-refractivity contribution in [1.29, 1.82) is 0 Å². The number of nitrogens with one attached hydrogen (secondary N) is 1. The summed E-state index contributed by atoms with van der Waals surface area (Å²) in [5.74, 6) is -1.16. The molecule has 0 aromatic heterocycles. The Morgan fingerprint density at radius 1 is 0.963 bits per heavy atom. The molecule has 140 valence electrons. The Hall–Kier alpha value is -2.99. The Kier molecular flexibility index (Phi) is 5.98. The SMILES string of the molecule is CN1CCN(C(=O)C(=Cc2ccccc2F)NC(=O)c2ccccc2)CC1. The van der Waals surface area contributed by atoms with Crippen LogP contribution in [0.2, 0.25) is 0 Å². The summed E-state index contributed by atoms with van der Waals surface area (Å²) in [6, 6.07) is 14.8. The lowest BCUT2D eigenvalue weighted by Crippen LogP contribution is -2.49. The zero-order valence-electron chi connectivity index (χ0n) is 15.2. The molecule has 1 aliphatic heterocycles. The molecule has 0 saturated carbocycles. The third-order valence-electron chi connectivity index (χ3n) is 4.51.